The second-order valence-electron chi connectivity index (χ2n) is 4.98. The highest BCUT2D eigenvalue weighted by Gasteiger charge is 2.56. The van der Waals surface area contributed by atoms with Gasteiger partial charge in [-0.2, -0.15) is 0 Å². The maximum atomic E-state index is 10.9. The Hall–Kier alpha value is -1.55. The van der Waals surface area contributed by atoms with Crippen LogP contribution in [0.3, 0.4) is 0 Å². The molecule has 4 nitrogen and oxygen atoms in total. The fraction of sp³-hybridized carbons (Fsp3) is 0.462. The number of fused-ring (bicyclic) bond motifs is 3. The van der Waals surface area contributed by atoms with Gasteiger partial charge in [0.25, 0.3) is 0 Å². The third-order valence-corrected chi connectivity index (χ3v) is 3.10. The lowest BCUT2D eigenvalue weighted by Crippen LogP contribution is -2.37. The molecule has 0 bridgehead atoms. The molecule has 90 valence electrons. The van der Waals surface area contributed by atoms with Crippen molar-refractivity contribution in [1.82, 2.24) is 0 Å². The van der Waals surface area contributed by atoms with Crippen molar-refractivity contribution in [2.24, 2.45) is 0 Å². The Bertz CT molecular complexity index is 492. The summed E-state index contributed by atoms with van der Waals surface area (Å²) in [6, 6.07) is 5.41. The first kappa shape index (κ1) is 10.6. The van der Waals surface area contributed by atoms with Crippen molar-refractivity contribution in [1.29, 1.82) is 0 Å². The number of esters is 1. The molecule has 0 radical (unpaired) electrons. The zero-order chi connectivity index (χ0) is 12.2. The average Bonchev–Trinajstić information content (AvgIpc) is 2.95. The molecule has 2 aliphatic heterocycles. The minimum absolute atomic E-state index is 0.125. The third kappa shape index (κ3) is 1.69. The number of carbonyl (C=O) groups excluding carboxylic acids is 1. The molecule has 0 unspecified atom stereocenters. The van der Waals surface area contributed by atoms with E-state index in [1.807, 2.05) is 19.9 Å². The van der Waals surface area contributed by atoms with Crippen molar-refractivity contribution in [3.63, 3.8) is 0 Å². The minimum Gasteiger partial charge on any atom is -0.484 e. The Balaban J connectivity index is 1.96. The Morgan fingerprint density at radius 3 is 2.88 bits per heavy atom. The summed E-state index contributed by atoms with van der Waals surface area (Å²) in [6.45, 7) is 5.38. The normalized spacial score (nSPS) is 27.5. The van der Waals surface area contributed by atoms with Gasteiger partial charge in [-0.15, -0.1) is 0 Å². The van der Waals surface area contributed by atoms with E-state index < -0.39 is 0 Å². The lowest BCUT2D eigenvalue weighted by atomic mass is 9.94. The van der Waals surface area contributed by atoms with Gasteiger partial charge in [0.15, 0.2) is 0 Å². The van der Waals surface area contributed by atoms with Crippen LogP contribution in [0.4, 0.5) is 0 Å². The molecular weight excluding hydrogens is 220 g/mol. The number of ether oxygens (including phenoxy) is 3. The van der Waals surface area contributed by atoms with Crippen LogP contribution in [0.2, 0.25) is 0 Å². The van der Waals surface area contributed by atoms with Crippen LogP contribution in [-0.4, -0.2) is 17.7 Å². The van der Waals surface area contributed by atoms with Crippen molar-refractivity contribution < 1.29 is 19.0 Å². The van der Waals surface area contributed by atoms with E-state index in [4.69, 9.17) is 14.2 Å². The van der Waals surface area contributed by atoms with Gasteiger partial charge in [-0.3, -0.25) is 4.79 Å². The van der Waals surface area contributed by atoms with Crippen molar-refractivity contribution in [3.05, 3.63) is 23.8 Å². The van der Waals surface area contributed by atoms with Gasteiger partial charge in [0, 0.05) is 18.6 Å². The summed E-state index contributed by atoms with van der Waals surface area (Å²) < 4.78 is 16.5. The number of hydrogen-bond donors (Lipinski definition) is 0. The van der Waals surface area contributed by atoms with Crippen LogP contribution >= 0.6 is 0 Å². The molecule has 1 fully saturated rings. The summed E-state index contributed by atoms with van der Waals surface area (Å²) in [7, 11) is 0. The van der Waals surface area contributed by atoms with Crippen molar-refractivity contribution in [3.8, 4) is 11.5 Å². The van der Waals surface area contributed by atoms with Crippen molar-refractivity contribution in [2.75, 3.05) is 0 Å². The van der Waals surface area contributed by atoms with Crippen LogP contribution in [0.15, 0.2) is 18.2 Å². The number of benzene rings is 1. The number of rotatable bonds is 1. The van der Waals surface area contributed by atoms with Gasteiger partial charge in [0.2, 0.25) is 0 Å². The predicted molar refractivity (Wildman–Crippen MR) is 60.1 cm³/mol. The van der Waals surface area contributed by atoms with Gasteiger partial charge in [0.05, 0.1) is 0 Å². The maximum Gasteiger partial charge on any atom is 0.308 e. The summed E-state index contributed by atoms with van der Waals surface area (Å²) in [5.74, 6) is 0.916. The molecule has 0 spiro atoms. The molecule has 1 saturated heterocycles. The summed E-state index contributed by atoms with van der Waals surface area (Å²) >= 11 is 0. The van der Waals surface area contributed by atoms with E-state index in [0.29, 0.717) is 5.75 Å². The summed E-state index contributed by atoms with van der Waals surface area (Å²) in [5.41, 5.74) is 0.706. The van der Waals surface area contributed by atoms with E-state index in [1.54, 1.807) is 12.1 Å². The smallest absolute Gasteiger partial charge is 0.308 e. The zero-order valence-corrected chi connectivity index (χ0v) is 10.0. The maximum absolute atomic E-state index is 10.9. The molecule has 2 heterocycles. The highest BCUT2D eigenvalue weighted by atomic mass is 16.6. The predicted octanol–water partition coefficient (Wildman–Crippen LogP) is 2.22. The molecule has 0 amide bonds. The third-order valence-electron chi connectivity index (χ3n) is 3.10. The van der Waals surface area contributed by atoms with E-state index in [2.05, 4.69) is 0 Å². The monoisotopic (exact) mass is 234 g/mol. The van der Waals surface area contributed by atoms with Crippen LogP contribution in [-0.2, 0) is 9.53 Å². The van der Waals surface area contributed by atoms with Crippen LogP contribution in [0, 0.1) is 0 Å². The summed E-state index contributed by atoms with van der Waals surface area (Å²) in [5, 5.41) is 0. The van der Waals surface area contributed by atoms with E-state index >= 15 is 0 Å². The molecular formula is C13H14O4. The fourth-order valence-corrected chi connectivity index (χ4v) is 2.29. The molecule has 0 aromatic heterocycles. The number of epoxide rings is 1. The van der Waals surface area contributed by atoms with E-state index in [1.165, 1.54) is 6.92 Å². The molecule has 4 heteroatoms. The Labute approximate surface area is 99.5 Å². The topological polar surface area (TPSA) is 48.1 Å². The number of carbonyl (C=O) groups is 1. The van der Waals surface area contributed by atoms with Crippen LogP contribution in [0.25, 0.3) is 0 Å². The molecule has 2 atom stereocenters. The first-order valence-corrected chi connectivity index (χ1v) is 5.64. The van der Waals surface area contributed by atoms with Gasteiger partial charge < -0.3 is 14.2 Å². The molecule has 3 rings (SSSR count). The van der Waals surface area contributed by atoms with Gasteiger partial charge >= 0.3 is 5.97 Å². The molecule has 0 N–H and O–H groups in total. The summed E-state index contributed by atoms with van der Waals surface area (Å²) in [4.78, 5) is 10.9. The number of hydrogen-bond acceptors (Lipinski definition) is 4. The van der Waals surface area contributed by atoms with Crippen LogP contribution in [0.1, 0.15) is 32.4 Å². The lowest BCUT2D eigenvalue weighted by Gasteiger charge is -2.29. The fourth-order valence-electron chi connectivity index (χ4n) is 2.29. The van der Waals surface area contributed by atoms with Gasteiger partial charge in [0.1, 0.15) is 29.3 Å². The molecule has 0 saturated carbocycles. The Morgan fingerprint density at radius 2 is 2.18 bits per heavy atom. The van der Waals surface area contributed by atoms with Crippen molar-refractivity contribution in [2.45, 2.75) is 38.6 Å². The SMILES string of the molecule is CC(=O)Oc1ccc2c(c1)OC(C)(C)[C@@H]1O[C@H]21. The van der Waals surface area contributed by atoms with Crippen LogP contribution in [0.5, 0.6) is 11.5 Å². The van der Waals surface area contributed by atoms with E-state index in [9.17, 15) is 4.79 Å². The highest BCUT2D eigenvalue weighted by molar-refractivity contribution is 5.69. The standard InChI is InChI=1S/C13H14O4/c1-7(14)15-8-4-5-9-10(6-8)17-13(2,3)12-11(9)16-12/h4-6,11-12H,1-3H3/t11-,12-/m1/s1. The molecule has 1 aromatic carbocycles. The quantitative estimate of drug-likeness (QED) is 0.424. The van der Waals surface area contributed by atoms with E-state index in [-0.39, 0.29) is 23.8 Å². The first-order valence-electron chi connectivity index (χ1n) is 5.64. The Morgan fingerprint density at radius 1 is 1.41 bits per heavy atom. The van der Waals surface area contributed by atoms with E-state index in [0.717, 1.165) is 11.3 Å². The Kier molecular flexibility index (Phi) is 2.01. The highest BCUT2D eigenvalue weighted by Crippen LogP contribution is 2.54. The largest absolute Gasteiger partial charge is 0.484 e. The van der Waals surface area contributed by atoms with Crippen molar-refractivity contribution >= 4 is 5.97 Å². The summed E-state index contributed by atoms with van der Waals surface area (Å²) in [6.07, 6.45) is 0.259. The second-order valence-corrected chi connectivity index (χ2v) is 4.98. The van der Waals surface area contributed by atoms with Gasteiger partial charge in [-0.1, -0.05) is 0 Å². The average molecular weight is 234 g/mol. The first-order chi connectivity index (χ1) is 7.97. The molecule has 0 aliphatic carbocycles. The van der Waals surface area contributed by atoms with Gasteiger partial charge in [-0.05, 0) is 26.0 Å². The minimum atomic E-state index is -0.333. The lowest BCUT2D eigenvalue weighted by molar-refractivity contribution is -0.131. The molecule has 17 heavy (non-hydrogen) atoms. The molecule has 2 aliphatic rings. The second kappa shape index (κ2) is 3.23. The zero-order valence-electron chi connectivity index (χ0n) is 10.0. The van der Waals surface area contributed by atoms with Crippen LogP contribution < -0.4 is 9.47 Å². The van der Waals surface area contributed by atoms with Gasteiger partial charge in [-0.25, -0.2) is 0 Å². The molecule has 1 aromatic rings.